The molecule has 1 aromatic heterocycles. The van der Waals surface area contributed by atoms with Crippen LogP contribution in [0.1, 0.15) is 49.9 Å². The van der Waals surface area contributed by atoms with Crippen LogP contribution in [0.2, 0.25) is 0 Å². The maximum absolute atomic E-state index is 12.8. The van der Waals surface area contributed by atoms with Gasteiger partial charge < -0.3 is 10.1 Å². The van der Waals surface area contributed by atoms with Gasteiger partial charge in [-0.1, -0.05) is 6.42 Å². The molecule has 6 heteroatoms. The van der Waals surface area contributed by atoms with Crippen LogP contribution in [0.5, 0.6) is 0 Å². The molecule has 1 aliphatic heterocycles. The Morgan fingerprint density at radius 2 is 2.00 bits per heavy atom. The van der Waals surface area contributed by atoms with Crippen LogP contribution in [-0.4, -0.2) is 27.3 Å². The van der Waals surface area contributed by atoms with Crippen molar-refractivity contribution in [3.63, 3.8) is 0 Å². The molecule has 0 bridgehead atoms. The summed E-state index contributed by atoms with van der Waals surface area (Å²) in [6.45, 7) is 3.79. The Bertz CT molecular complexity index is 614. The van der Waals surface area contributed by atoms with E-state index >= 15 is 0 Å². The first-order chi connectivity index (χ1) is 10.4. The van der Waals surface area contributed by atoms with Crippen LogP contribution >= 0.6 is 0 Å². The first-order valence-electron chi connectivity index (χ1n) is 7.96. The second-order valence-electron chi connectivity index (χ2n) is 6.51. The molecule has 2 heterocycles. The fraction of sp³-hybridized carbons (Fsp3) is 0.688. The second kappa shape index (κ2) is 5.41. The van der Waals surface area contributed by atoms with Crippen LogP contribution in [0.15, 0.2) is 0 Å². The average Bonchev–Trinajstić information content (AvgIpc) is 2.91. The summed E-state index contributed by atoms with van der Waals surface area (Å²) in [5.74, 6) is -0.757. The van der Waals surface area contributed by atoms with Gasteiger partial charge in [-0.15, -0.1) is 0 Å². The number of aryl methyl sites for hydroxylation is 2. The lowest BCUT2D eigenvalue weighted by Gasteiger charge is -2.36. The number of anilines is 1. The Morgan fingerprint density at radius 1 is 1.32 bits per heavy atom. The third-order valence-corrected chi connectivity index (χ3v) is 5.10. The van der Waals surface area contributed by atoms with Crippen LogP contribution in [0.4, 0.5) is 5.69 Å². The Hall–Kier alpha value is -1.85. The van der Waals surface area contributed by atoms with Gasteiger partial charge in [0.15, 0.2) is 0 Å². The summed E-state index contributed by atoms with van der Waals surface area (Å²) in [5, 5.41) is 7.29. The molecule has 1 unspecified atom stereocenters. The van der Waals surface area contributed by atoms with E-state index in [0.717, 1.165) is 49.2 Å². The van der Waals surface area contributed by atoms with E-state index in [2.05, 4.69) is 10.4 Å². The highest BCUT2D eigenvalue weighted by Gasteiger charge is 2.52. The second-order valence-corrected chi connectivity index (χ2v) is 6.51. The van der Waals surface area contributed by atoms with E-state index in [1.165, 1.54) is 0 Å². The standard InChI is InChI=1S/C16H23N3O3/c1-10-14(11(2)19(3)18-10)17-15(21)12-9-13(20)22-16(12)7-5-4-6-8-16/h12H,4-9H2,1-3H3,(H,17,21). The van der Waals surface area contributed by atoms with E-state index in [-0.39, 0.29) is 24.2 Å². The SMILES string of the molecule is Cc1nn(C)c(C)c1NC(=O)C1CC(=O)OC12CCCCC2. The molecule has 0 radical (unpaired) electrons. The van der Waals surface area contributed by atoms with Gasteiger partial charge >= 0.3 is 5.97 Å². The summed E-state index contributed by atoms with van der Waals surface area (Å²) >= 11 is 0. The Kier molecular flexibility index (Phi) is 3.70. The minimum absolute atomic E-state index is 0.119. The van der Waals surface area contributed by atoms with Crippen LogP contribution in [-0.2, 0) is 21.4 Å². The van der Waals surface area contributed by atoms with Crippen LogP contribution in [0.25, 0.3) is 0 Å². The van der Waals surface area contributed by atoms with Crippen molar-refractivity contribution in [2.75, 3.05) is 5.32 Å². The molecule has 1 spiro atoms. The lowest BCUT2D eigenvalue weighted by atomic mass is 9.75. The van der Waals surface area contributed by atoms with Crippen molar-refractivity contribution in [1.29, 1.82) is 0 Å². The van der Waals surface area contributed by atoms with Gasteiger partial charge in [0, 0.05) is 7.05 Å². The van der Waals surface area contributed by atoms with Crippen molar-refractivity contribution >= 4 is 17.6 Å². The average molecular weight is 305 g/mol. The molecule has 6 nitrogen and oxygen atoms in total. The number of nitrogens with one attached hydrogen (secondary N) is 1. The molecule has 1 N–H and O–H groups in total. The molecule has 0 aromatic carbocycles. The molecule has 3 rings (SSSR count). The summed E-state index contributed by atoms with van der Waals surface area (Å²) in [4.78, 5) is 24.6. The topological polar surface area (TPSA) is 73.2 Å². The summed E-state index contributed by atoms with van der Waals surface area (Å²) in [6.07, 6.45) is 4.95. The van der Waals surface area contributed by atoms with Crippen molar-refractivity contribution in [3.05, 3.63) is 11.4 Å². The van der Waals surface area contributed by atoms with E-state index in [4.69, 9.17) is 4.74 Å². The van der Waals surface area contributed by atoms with Gasteiger partial charge in [0.2, 0.25) is 5.91 Å². The van der Waals surface area contributed by atoms with Gasteiger partial charge in [0.1, 0.15) is 5.60 Å². The molecule has 120 valence electrons. The number of hydrogen-bond donors (Lipinski definition) is 1. The number of amides is 1. The number of nitrogens with zero attached hydrogens (tertiary/aromatic N) is 2. The van der Waals surface area contributed by atoms with E-state index in [9.17, 15) is 9.59 Å². The number of carbonyl (C=O) groups is 2. The Morgan fingerprint density at radius 3 is 2.59 bits per heavy atom. The summed E-state index contributed by atoms with van der Waals surface area (Å²) < 4.78 is 7.35. The van der Waals surface area contributed by atoms with Gasteiger partial charge in [-0.2, -0.15) is 5.10 Å². The third-order valence-electron chi connectivity index (χ3n) is 5.10. The lowest BCUT2D eigenvalue weighted by Crippen LogP contribution is -2.43. The smallest absolute Gasteiger partial charge is 0.307 e. The summed E-state index contributed by atoms with van der Waals surface area (Å²) in [6, 6.07) is 0. The zero-order chi connectivity index (χ0) is 15.9. The van der Waals surface area contributed by atoms with Crippen molar-refractivity contribution in [1.82, 2.24) is 9.78 Å². The zero-order valence-electron chi connectivity index (χ0n) is 13.4. The minimum Gasteiger partial charge on any atom is -0.458 e. The predicted octanol–water partition coefficient (Wildman–Crippen LogP) is 2.24. The minimum atomic E-state index is -0.580. The number of aromatic nitrogens is 2. The molecular formula is C16H23N3O3. The van der Waals surface area contributed by atoms with Crippen molar-refractivity contribution < 1.29 is 14.3 Å². The van der Waals surface area contributed by atoms with Gasteiger partial charge in [-0.3, -0.25) is 14.3 Å². The fourth-order valence-corrected chi connectivity index (χ4v) is 3.79. The first-order valence-corrected chi connectivity index (χ1v) is 7.96. The molecule has 1 atom stereocenters. The number of hydrogen-bond acceptors (Lipinski definition) is 4. The maximum Gasteiger partial charge on any atom is 0.307 e. The molecule has 2 fully saturated rings. The van der Waals surface area contributed by atoms with Crippen LogP contribution in [0, 0.1) is 19.8 Å². The quantitative estimate of drug-likeness (QED) is 0.850. The van der Waals surface area contributed by atoms with E-state index in [0.29, 0.717) is 0 Å². The largest absolute Gasteiger partial charge is 0.458 e. The third kappa shape index (κ3) is 2.40. The van der Waals surface area contributed by atoms with Gasteiger partial charge in [0.05, 0.1) is 29.4 Å². The zero-order valence-corrected chi connectivity index (χ0v) is 13.4. The normalized spacial score (nSPS) is 23.6. The van der Waals surface area contributed by atoms with Crippen molar-refractivity contribution in [3.8, 4) is 0 Å². The number of ether oxygens (including phenoxy) is 1. The molecule has 1 saturated heterocycles. The predicted molar refractivity (Wildman–Crippen MR) is 81.3 cm³/mol. The Labute approximate surface area is 130 Å². The fourth-order valence-electron chi connectivity index (χ4n) is 3.79. The maximum atomic E-state index is 12.8. The van der Waals surface area contributed by atoms with E-state index in [1.807, 2.05) is 20.9 Å². The first kappa shape index (κ1) is 15.1. The molecule has 1 amide bonds. The van der Waals surface area contributed by atoms with E-state index < -0.39 is 5.60 Å². The molecule has 1 aliphatic carbocycles. The number of esters is 1. The molecule has 1 aromatic rings. The highest BCUT2D eigenvalue weighted by molar-refractivity contribution is 5.97. The molecule has 22 heavy (non-hydrogen) atoms. The van der Waals surface area contributed by atoms with Crippen LogP contribution in [0.3, 0.4) is 0 Å². The van der Waals surface area contributed by atoms with Crippen LogP contribution < -0.4 is 5.32 Å². The Balaban J connectivity index is 1.82. The number of rotatable bonds is 2. The highest BCUT2D eigenvalue weighted by atomic mass is 16.6. The number of carbonyl (C=O) groups excluding carboxylic acids is 2. The molecule has 2 aliphatic rings. The van der Waals surface area contributed by atoms with Gasteiger partial charge in [-0.05, 0) is 39.5 Å². The molecule has 1 saturated carbocycles. The van der Waals surface area contributed by atoms with Gasteiger partial charge in [-0.25, -0.2) is 0 Å². The molecular weight excluding hydrogens is 282 g/mol. The monoisotopic (exact) mass is 305 g/mol. The highest BCUT2D eigenvalue weighted by Crippen LogP contribution is 2.44. The lowest BCUT2D eigenvalue weighted by molar-refractivity contribution is -0.153. The van der Waals surface area contributed by atoms with Crippen molar-refractivity contribution in [2.45, 2.75) is 58.0 Å². The van der Waals surface area contributed by atoms with Crippen molar-refractivity contribution in [2.24, 2.45) is 13.0 Å². The summed E-state index contributed by atoms with van der Waals surface area (Å²) in [7, 11) is 1.85. The van der Waals surface area contributed by atoms with E-state index in [1.54, 1.807) is 4.68 Å². The van der Waals surface area contributed by atoms with Gasteiger partial charge in [0.25, 0.3) is 0 Å². The summed E-state index contributed by atoms with van der Waals surface area (Å²) in [5.41, 5.74) is 1.87.